The van der Waals surface area contributed by atoms with E-state index >= 15 is 0 Å². The summed E-state index contributed by atoms with van der Waals surface area (Å²) < 4.78 is 38.1. The first-order chi connectivity index (χ1) is 23.7. The van der Waals surface area contributed by atoms with E-state index in [1.54, 1.807) is 48.5 Å². The monoisotopic (exact) mass is 671 g/mol. The van der Waals surface area contributed by atoms with Crippen LogP contribution < -0.4 is 43.9 Å². The maximum Gasteiger partial charge on any atom is 0.343 e. The standard InChI is InChI=1S/C36H37N3O10/c1-7-47-27-15-13-24(18-30(27)48-8-2)34(40)38-26-11-9-10-23(17-26)35(41)39-37-21-22-12-14-28(29(16-22)43-3)49-36(42)25-19-31(44-4)33(46-6)32(20-25)45-5/h9-21H,7-8H2,1-6H3,(H,38,40)(H,39,41). The number of benzene rings is 4. The fraction of sp³-hybridized carbons (Fsp3) is 0.222. The molecule has 0 saturated carbocycles. The van der Waals surface area contributed by atoms with Gasteiger partial charge in [-0.3, -0.25) is 9.59 Å². The number of nitrogens with zero attached hydrogens (tertiary/aromatic N) is 1. The van der Waals surface area contributed by atoms with Crippen LogP contribution in [0, 0.1) is 0 Å². The van der Waals surface area contributed by atoms with Crippen molar-refractivity contribution in [2.75, 3.05) is 47.0 Å². The molecule has 0 atom stereocenters. The van der Waals surface area contributed by atoms with Gasteiger partial charge in [-0.05, 0) is 86.1 Å². The number of esters is 1. The molecule has 0 radical (unpaired) electrons. The largest absolute Gasteiger partial charge is 0.493 e. The number of hydrazone groups is 1. The number of carbonyl (C=O) groups excluding carboxylic acids is 3. The second-order valence-electron chi connectivity index (χ2n) is 9.98. The molecule has 4 aromatic carbocycles. The summed E-state index contributed by atoms with van der Waals surface area (Å²) in [4.78, 5) is 38.8. The number of methoxy groups -OCH3 is 4. The first-order valence-corrected chi connectivity index (χ1v) is 15.1. The van der Waals surface area contributed by atoms with Crippen molar-refractivity contribution in [1.82, 2.24) is 5.43 Å². The van der Waals surface area contributed by atoms with Crippen molar-refractivity contribution in [2.24, 2.45) is 5.10 Å². The van der Waals surface area contributed by atoms with E-state index in [2.05, 4.69) is 15.8 Å². The average molecular weight is 672 g/mol. The topological polar surface area (TPSA) is 152 Å². The highest BCUT2D eigenvalue weighted by molar-refractivity contribution is 6.05. The Kier molecular flexibility index (Phi) is 12.4. The molecule has 49 heavy (non-hydrogen) atoms. The molecule has 2 amide bonds. The third-order valence-corrected chi connectivity index (χ3v) is 6.86. The van der Waals surface area contributed by atoms with Crippen molar-refractivity contribution in [3.63, 3.8) is 0 Å². The van der Waals surface area contributed by atoms with Crippen molar-refractivity contribution in [1.29, 1.82) is 0 Å². The molecule has 4 aromatic rings. The molecule has 0 unspecified atom stereocenters. The van der Waals surface area contributed by atoms with E-state index in [-0.39, 0.29) is 28.5 Å². The molecular weight excluding hydrogens is 634 g/mol. The van der Waals surface area contributed by atoms with Gasteiger partial charge in [0, 0.05) is 16.8 Å². The number of anilines is 1. The summed E-state index contributed by atoms with van der Waals surface area (Å²) in [6.45, 7) is 4.58. The third kappa shape index (κ3) is 8.98. The Morgan fingerprint density at radius 2 is 1.27 bits per heavy atom. The van der Waals surface area contributed by atoms with Gasteiger partial charge in [0.2, 0.25) is 5.75 Å². The lowest BCUT2D eigenvalue weighted by atomic mass is 10.1. The Morgan fingerprint density at radius 1 is 0.633 bits per heavy atom. The lowest BCUT2D eigenvalue weighted by molar-refractivity contribution is 0.0728. The van der Waals surface area contributed by atoms with Crippen molar-refractivity contribution in [2.45, 2.75) is 13.8 Å². The zero-order valence-electron chi connectivity index (χ0n) is 27.9. The van der Waals surface area contributed by atoms with Gasteiger partial charge < -0.3 is 38.5 Å². The number of amides is 2. The highest BCUT2D eigenvalue weighted by Crippen LogP contribution is 2.39. The van der Waals surface area contributed by atoms with E-state index < -0.39 is 11.9 Å². The average Bonchev–Trinajstić information content (AvgIpc) is 3.12. The van der Waals surface area contributed by atoms with Crippen LogP contribution in [0.2, 0.25) is 0 Å². The third-order valence-electron chi connectivity index (χ3n) is 6.86. The van der Waals surface area contributed by atoms with Crippen LogP contribution >= 0.6 is 0 Å². The molecule has 13 nitrogen and oxygen atoms in total. The van der Waals surface area contributed by atoms with E-state index in [1.807, 2.05) is 13.8 Å². The summed E-state index contributed by atoms with van der Waals surface area (Å²) in [7, 11) is 5.78. The number of rotatable bonds is 15. The highest BCUT2D eigenvalue weighted by Gasteiger charge is 2.20. The van der Waals surface area contributed by atoms with E-state index in [0.29, 0.717) is 58.8 Å². The van der Waals surface area contributed by atoms with Crippen LogP contribution in [0.3, 0.4) is 0 Å². The van der Waals surface area contributed by atoms with E-state index in [0.717, 1.165) is 0 Å². The predicted molar refractivity (Wildman–Crippen MR) is 182 cm³/mol. The zero-order valence-corrected chi connectivity index (χ0v) is 27.9. The molecule has 0 aliphatic rings. The molecule has 0 heterocycles. The van der Waals surface area contributed by atoms with Gasteiger partial charge in [-0.25, -0.2) is 10.2 Å². The molecule has 0 saturated heterocycles. The molecule has 256 valence electrons. The van der Waals surface area contributed by atoms with Crippen molar-refractivity contribution >= 4 is 29.7 Å². The zero-order chi connectivity index (χ0) is 35.3. The highest BCUT2D eigenvalue weighted by atomic mass is 16.6. The molecule has 4 rings (SSSR count). The Balaban J connectivity index is 1.40. The van der Waals surface area contributed by atoms with E-state index in [9.17, 15) is 14.4 Å². The van der Waals surface area contributed by atoms with Crippen molar-refractivity contribution < 1.29 is 47.5 Å². The Morgan fingerprint density at radius 3 is 1.92 bits per heavy atom. The number of carbonyl (C=O) groups is 3. The summed E-state index contributed by atoms with van der Waals surface area (Å²) in [6.07, 6.45) is 1.40. The van der Waals surface area contributed by atoms with Gasteiger partial charge in [-0.2, -0.15) is 5.10 Å². The SMILES string of the molecule is CCOc1ccc(C(=O)Nc2cccc(C(=O)NN=Cc3ccc(OC(=O)c4cc(OC)c(OC)c(OC)c4)c(OC)c3)c2)cc1OCC. The van der Waals surface area contributed by atoms with Gasteiger partial charge in [0.05, 0.1) is 53.4 Å². The number of nitrogens with one attached hydrogen (secondary N) is 2. The van der Waals surface area contributed by atoms with Crippen LogP contribution in [0.4, 0.5) is 5.69 Å². The smallest absolute Gasteiger partial charge is 0.343 e. The molecule has 0 aliphatic carbocycles. The summed E-state index contributed by atoms with van der Waals surface area (Å²) in [6, 6.07) is 19.0. The summed E-state index contributed by atoms with van der Waals surface area (Å²) in [5, 5.41) is 6.83. The minimum absolute atomic E-state index is 0.153. The van der Waals surface area contributed by atoms with Gasteiger partial charge in [0.25, 0.3) is 11.8 Å². The van der Waals surface area contributed by atoms with E-state index in [1.165, 1.54) is 58.9 Å². The molecule has 2 N–H and O–H groups in total. The molecule has 0 fully saturated rings. The fourth-order valence-corrected chi connectivity index (χ4v) is 4.57. The molecule has 0 spiro atoms. The number of hydrogen-bond donors (Lipinski definition) is 2. The first kappa shape index (κ1) is 35.6. The van der Waals surface area contributed by atoms with Crippen LogP contribution in [0.15, 0.2) is 77.9 Å². The molecule has 0 aromatic heterocycles. The van der Waals surface area contributed by atoms with Crippen LogP contribution in [-0.2, 0) is 0 Å². The lowest BCUT2D eigenvalue weighted by Gasteiger charge is -2.14. The predicted octanol–water partition coefficient (Wildman–Crippen LogP) is 5.75. The van der Waals surface area contributed by atoms with Crippen LogP contribution in [0.1, 0.15) is 50.5 Å². The van der Waals surface area contributed by atoms with Crippen LogP contribution in [-0.4, -0.2) is 65.7 Å². The normalized spacial score (nSPS) is 10.6. The molecule has 0 aliphatic heterocycles. The van der Waals surface area contributed by atoms with Crippen LogP contribution in [0.5, 0.6) is 40.2 Å². The van der Waals surface area contributed by atoms with Gasteiger partial charge in [0.1, 0.15) is 0 Å². The van der Waals surface area contributed by atoms with Crippen molar-refractivity contribution in [3.8, 4) is 40.2 Å². The minimum Gasteiger partial charge on any atom is -0.493 e. The summed E-state index contributed by atoms with van der Waals surface area (Å²) >= 11 is 0. The van der Waals surface area contributed by atoms with E-state index in [4.69, 9.17) is 33.2 Å². The molecular formula is C36H37N3O10. The number of ether oxygens (including phenoxy) is 7. The van der Waals surface area contributed by atoms with Gasteiger partial charge in [0.15, 0.2) is 34.5 Å². The number of hydrogen-bond acceptors (Lipinski definition) is 11. The van der Waals surface area contributed by atoms with Gasteiger partial charge >= 0.3 is 5.97 Å². The molecule has 13 heteroatoms. The second-order valence-corrected chi connectivity index (χ2v) is 9.98. The molecule has 0 bridgehead atoms. The Hall–Kier alpha value is -6.24. The first-order valence-electron chi connectivity index (χ1n) is 15.1. The summed E-state index contributed by atoms with van der Waals surface area (Å²) in [5.41, 5.74) is 4.22. The van der Waals surface area contributed by atoms with Gasteiger partial charge in [-0.1, -0.05) is 6.07 Å². The van der Waals surface area contributed by atoms with Crippen LogP contribution in [0.25, 0.3) is 0 Å². The van der Waals surface area contributed by atoms with Gasteiger partial charge in [-0.15, -0.1) is 0 Å². The quantitative estimate of drug-likeness (QED) is 0.0691. The Labute approximate surface area is 283 Å². The lowest BCUT2D eigenvalue weighted by Crippen LogP contribution is -2.18. The Bertz CT molecular complexity index is 1810. The summed E-state index contributed by atoms with van der Waals surface area (Å²) in [5.74, 6) is 0.780. The minimum atomic E-state index is -0.681. The maximum atomic E-state index is 13.0. The second kappa shape index (κ2) is 17.1. The maximum absolute atomic E-state index is 13.0. The van der Waals surface area contributed by atoms with Crippen molar-refractivity contribution in [3.05, 3.63) is 95.1 Å². The fourth-order valence-electron chi connectivity index (χ4n) is 4.57.